The van der Waals surface area contributed by atoms with Crippen molar-refractivity contribution in [2.45, 2.75) is 6.92 Å². The van der Waals surface area contributed by atoms with Crippen LogP contribution in [0.4, 0.5) is 8.39 Å². The molecule has 0 amide bonds. The van der Waals surface area contributed by atoms with Gasteiger partial charge < -0.3 is 0 Å². The Morgan fingerprint density at radius 3 is 2.91 bits per heavy atom. The fourth-order valence-electron chi connectivity index (χ4n) is 0.493. The van der Waals surface area contributed by atoms with E-state index in [1.54, 1.807) is 0 Å². The van der Waals surface area contributed by atoms with Gasteiger partial charge >= 0.3 is 7.83 Å². The van der Waals surface area contributed by atoms with Crippen LogP contribution in [0.3, 0.4) is 0 Å². The van der Waals surface area contributed by atoms with E-state index in [1.807, 2.05) is 6.92 Å². The van der Waals surface area contributed by atoms with E-state index in [-0.39, 0.29) is 8.52 Å². The second-order valence-electron chi connectivity index (χ2n) is 1.69. The SMILES string of the molecule is CCN[PH]1=NP=NP(F)(F)=N1. The molecule has 64 valence electrons. The first-order valence-corrected chi connectivity index (χ1v) is 6.57. The van der Waals surface area contributed by atoms with Gasteiger partial charge in [-0.25, -0.2) is 0 Å². The fraction of sp³-hybridized carbons (Fsp3) is 1.00. The smallest absolute Gasteiger partial charge is 0.268 e. The quantitative estimate of drug-likeness (QED) is 0.704. The van der Waals surface area contributed by atoms with Crippen LogP contribution in [-0.2, 0) is 0 Å². The molecule has 0 aromatic carbocycles. The maximum absolute atomic E-state index is 12.5. The van der Waals surface area contributed by atoms with Gasteiger partial charge in [-0.05, 0) is 6.54 Å². The van der Waals surface area contributed by atoms with Crippen molar-refractivity contribution in [1.82, 2.24) is 5.09 Å². The third-order valence-electron chi connectivity index (χ3n) is 0.837. The molecule has 1 aliphatic heterocycles. The van der Waals surface area contributed by atoms with E-state index in [1.165, 1.54) is 0 Å². The van der Waals surface area contributed by atoms with Crippen molar-refractivity contribution in [1.29, 1.82) is 0 Å². The summed E-state index contributed by atoms with van der Waals surface area (Å²) >= 11 is 0. The predicted octanol–water partition coefficient (Wildman–Crippen LogP) is 3.77. The zero-order chi connectivity index (χ0) is 8.32. The average Bonchev–Trinajstić information content (AvgIpc) is 1.85. The number of nitrogens with one attached hydrogen (secondary N) is 1. The summed E-state index contributed by atoms with van der Waals surface area (Å²) < 4.78 is 35.0. The number of nitrogens with zero attached hydrogens (tertiary/aromatic N) is 3. The van der Waals surface area contributed by atoms with Crippen molar-refractivity contribution in [3.8, 4) is 0 Å². The Morgan fingerprint density at radius 2 is 2.36 bits per heavy atom. The summed E-state index contributed by atoms with van der Waals surface area (Å²) in [6, 6.07) is 0. The average molecular weight is 218 g/mol. The van der Waals surface area contributed by atoms with Crippen LogP contribution >= 0.6 is 24.4 Å². The summed E-state index contributed by atoms with van der Waals surface area (Å²) in [7, 11) is -5.87. The van der Waals surface area contributed by atoms with Gasteiger partial charge in [-0.1, -0.05) is 6.92 Å². The maximum atomic E-state index is 12.5. The third kappa shape index (κ3) is 3.08. The number of hydrogen-bond donors (Lipinski definition) is 1. The first-order valence-electron chi connectivity index (χ1n) is 2.90. The van der Waals surface area contributed by atoms with Crippen LogP contribution in [0.5, 0.6) is 0 Å². The van der Waals surface area contributed by atoms with Crippen LogP contribution in [0.2, 0.25) is 0 Å². The van der Waals surface area contributed by atoms with Gasteiger partial charge in [0.05, 0.1) is 0 Å². The Hall–Kier alpha value is 0.380. The number of halogens is 2. The second-order valence-corrected chi connectivity index (χ2v) is 6.10. The molecule has 0 saturated heterocycles. The summed E-state index contributed by atoms with van der Waals surface area (Å²) in [5.41, 5.74) is 0. The Balaban J connectivity index is 2.80. The highest BCUT2D eigenvalue weighted by Gasteiger charge is 2.18. The molecule has 0 saturated carbocycles. The van der Waals surface area contributed by atoms with Crippen molar-refractivity contribution in [3.63, 3.8) is 0 Å². The highest BCUT2D eigenvalue weighted by atomic mass is 31.3. The van der Waals surface area contributed by atoms with Gasteiger partial charge in [0.1, 0.15) is 8.01 Å². The van der Waals surface area contributed by atoms with Crippen LogP contribution in [0.1, 0.15) is 6.92 Å². The monoisotopic (exact) mass is 218 g/mol. The molecule has 4 nitrogen and oxygen atoms in total. The molecule has 1 rings (SSSR count). The van der Waals surface area contributed by atoms with Gasteiger partial charge in [0.25, 0.3) is 0 Å². The Morgan fingerprint density at radius 1 is 1.64 bits per heavy atom. The first kappa shape index (κ1) is 9.47. The molecular formula is C2H7F2N4P3. The molecule has 11 heavy (non-hydrogen) atoms. The minimum atomic E-state index is -4.30. The van der Waals surface area contributed by atoms with Gasteiger partial charge in [-0.3, -0.25) is 5.09 Å². The summed E-state index contributed by atoms with van der Waals surface area (Å²) in [4.78, 5) is 0. The van der Waals surface area contributed by atoms with E-state index >= 15 is 0 Å². The molecule has 1 heterocycles. The van der Waals surface area contributed by atoms with Gasteiger partial charge in [-0.15, -0.1) is 12.9 Å². The summed E-state index contributed by atoms with van der Waals surface area (Å²) in [5, 5.41) is 2.79. The Labute approximate surface area is 65.7 Å². The zero-order valence-electron chi connectivity index (χ0n) is 5.70. The van der Waals surface area contributed by atoms with Crippen LogP contribution < -0.4 is 5.09 Å². The summed E-state index contributed by atoms with van der Waals surface area (Å²) in [5.74, 6) is 0. The first-order chi connectivity index (χ1) is 5.14. The molecule has 0 bridgehead atoms. The summed E-state index contributed by atoms with van der Waals surface area (Å²) in [6.45, 7) is 2.46. The maximum Gasteiger partial charge on any atom is 0.423 e. The second kappa shape index (κ2) is 3.86. The topological polar surface area (TPSA) is 49.1 Å². The normalized spacial score (nSPS) is 28.8. The van der Waals surface area contributed by atoms with Crippen LogP contribution in [0, 0.1) is 0 Å². The molecule has 1 aliphatic rings. The lowest BCUT2D eigenvalue weighted by atomic mass is 10.8. The molecule has 0 aromatic rings. The summed E-state index contributed by atoms with van der Waals surface area (Å²) in [6.07, 6.45) is 0. The van der Waals surface area contributed by atoms with Crippen molar-refractivity contribution in [3.05, 3.63) is 0 Å². The molecule has 9 heteroatoms. The minimum Gasteiger partial charge on any atom is -0.268 e. The highest BCUT2D eigenvalue weighted by molar-refractivity contribution is 7.68. The molecule has 0 aromatic heterocycles. The zero-order valence-corrected chi connectivity index (χ0v) is 8.49. The van der Waals surface area contributed by atoms with Gasteiger partial charge in [0.15, 0.2) is 8.52 Å². The van der Waals surface area contributed by atoms with Crippen molar-refractivity contribution in [2.24, 2.45) is 13.5 Å². The number of hydrogen-bond acceptors (Lipinski definition) is 4. The van der Waals surface area contributed by atoms with Crippen LogP contribution in [0.15, 0.2) is 13.5 Å². The Bertz CT molecular complexity index is 254. The van der Waals surface area contributed by atoms with Gasteiger partial charge in [0.2, 0.25) is 0 Å². The lowest BCUT2D eigenvalue weighted by Crippen LogP contribution is -1.98. The van der Waals surface area contributed by atoms with E-state index in [2.05, 4.69) is 18.6 Å². The van der Waals surface area contributed by atoms with E-state index < -0.39 is 15.8 Å². The lowest BCUT2D eigenvalue weighted by Gasteiger charge is -2.05. The third-order valence-corrected chi connectivity index (χ3v) is 5.52. The van der Waals surface area contributed by atoms with Gasteiger partial charge in [-0.2, -0.15) is 9.03 Å². The largest absolute Gasteiger partial charge is 0.423 e. The Kier molecular flexibility index (Phi) is 3.32. The van der Waals surface area contributed by atoms with Crippen LogP contribution in [-0.4, -0.2) is 6.54 Å². The van der Waals surface area contributed by atoms with Crippen molar-refractivity contribution in [2.75, 3.05) is 6.54 Å². The predicted molar refractivity (Wildman–Crippen MR) is 45.3 cm³/mol. The van der Waals surface area contributed by atoms with Crippen molar-refractivity contribution >= 4 is 24.4 Å². The van der Waals surface area contributed by atoms with E-state index in [0.29, 0.717) is 6.54 Å². The molecule has 0 radical (unpaired) electrons. The molecule has 1 atom stereocenters. The molecule has 0 fully saturated rings. The van der Waals surface area contributed by atoms with Crippen molar-refractivity contribution < 1.29 is 8.39 Å². The standard InChI is InChI=1S/C2H7F2N4P3/c1-2-5-10-6-9-7-11(3,4)8-10/h10H,2H2,1H3,(H,5,6,7). The molecule has 1 N–H and O–H groups in total. The van der Waals surface area contributed by atoms with E-state index in [9.17, 15) is 8.39 Å². The number of rotatable bonds is 2. The highest BCUT2D eigenvalue weighted by Crippen LogP contribution is 2.63. The molecule has 0 spiro atoms. The fourth-order valence-corrected chi connectivity index (χ4v) is 4.57. The minimum absolute atomic E-state index is 0.135. The van der Waals surface area contributed by atoms with Gasteiger partial charge in [0, 0.05) is 0 Å². The van der Waals surface area contributed by atoms with Crippen LogP contribution in [0.25, 0.3) is 0 Å². The molecular weight excluding hydrogens is 211 g/mol. The van der Waals surface area contributed by atoms with E-state index in [0.717, 1.165) is 0 Å². The van der Waals surface area contributed by atoms with E-state index in [4.69, 9.17) is 0 Å². The lowest BCUT2D eigenvalue weighted by molar-refractivity contribution is 0.727. The molecule has 1 unspecified atom stereocenters. The molecule has 0 aliphatic carbocycles.